The summed E-state index contributed by atoms with van der Waals surface area (Å²) in [6.07, 6.45) is -8.29. The number of rotatable bonds is 22. The molecule has 2 saturated heterocycles. The molecule has 2 aliphatic heterocycles. The Balaban J connectivity index is 1.25. The second-order valence-corrected chi connectivity index (χ2v) is 19.0. The molecule has 0 saturated carbocycles. The highest BCUT2D eigenvalue weighted by atomic mass is 31.2. The zero-order valence-electron chi connectivity index (χ0n) is 38.0. The molecular formula is C43H64N9O13P. The van der Waals surface area contributed by atoms with Gasteiger partial charge in [0.15, 0.2) is 11.8 Å². The number of nitrogens with zero attached hydrogens (tertiary/aromatic N) is 6. The largest absolute Gasteiger partial charge is 0.425 e. The highest BCUT2D eigenvalue weighted by Crippen LogP contribution is 2.47. The first-order valence-corrected chi connectivity index (χ1v) is 23.6. The molecule has 2 fully saturated rings. The van der Waals surface area contributed by atoms with Gasteiger partial charge in [-0.3, -0.25) is 14.4 Å². The lowest BCUT2D eigenvalue weighted by molar-refractivity contribution is -0.317. The number of aromatic nitrogens is 3. The van der Waals surface area contributed by atoms with E-state index in [4.69, 9.17) is 24.0 Å². The van der Waals surface area contributed by atoms with Crippen LogP contribution in [0.2, 0.25) is 0 Å². The Morgan fingerprint density at radius 1 is 1.09 bits per heavy atom. The minimum atomic E-state index is -3.98. The van der Waals surface area contributed by atoms with Crippen LogP contribution in [-0.4, -0.2) is 164 Å². The highest BCUT2D eigenvalue weighted by molar-refractivity contribution is 7.55. The summed E-state index contributed by atoms with van der Waals surface area (Å²) in [4.78, 5) is 50.9. The Kier molecular flexibility index (Phi) is 18.8. The van der Waals surface area contributed by atoms with Gasteiger partial charge in [0.2, 0.25) is 24.4 Å². The third-order valence-electron chi connectivity index (χ3n) is 11.7. The molecule has 66 heavy (non-hydrogen) atoms. The Hall–Kier alpha value is -4.79. The number of fused-ring (bicyclic) bond motifs is 1. The fraction of sp³-hybridized carbons (Fsp3) is 0.628. The Bertz CT molecular complexity index is 2160. The summed E-state index contributed by atoms with van der Waals surface area (Å²) in [5.74, 6) is -0.727. The molecule has 3 aromatic rings. The number of nitrogens with one attached hydrogen (secondary N) is 3. The van der Waals surface area contributed by atoms with Gasteiger partial charge in [-0.05, 0) is 56.2 Å². The smallest absolute Gasteiger partial charge is 0.418 e. The molecule has 0 bridgehead atoms. The topological polar surface area (TPSA) is 303 Å². The number of unbranched alkanes of at least 4 members (excludes halogenated alkanes) is 1. The summed E-state index contributed by atoms with van der Waals surface area (Å²) in [5.41, 5.74) is 0.330. The van der Waals surface area contributed by atoms with E-state index in [1.165, 1.54) is 24.5 Å². The number of aliphatic hydroxyl groups is 5. The number of benzene rings is 1. The normalized spacial score (nSPS) is 24.5. The second-order valence-electron chi connectivity index (χ2n) is 17.0. The minimum absolute atomic E-state index is 0.0518. The monoisotopic (exact) mass is 945 g/mol. The van der Waals surface area contributed by atoms with E-state index in [-0.39, 0.29) is 43.3 Å². The Labute approximate surface area is 383 Å². The van der Waals surface area contributed by atoms with E-state index in [1.54, 1.807) is 61.3 Å². The van der Waals surface area contributed by atoms with Crippen LogP contribution in [0.3, 0.4) is 0 Å². The number of likely N-dealkylation sites (N-methyl/N-ethyl adjacent to an activating group) is 1. The molecule has 22 nitrogen and oxygen atoms in total. The molecule has 11 atom stereocenters. The van der Waals surface area contributed by atoms with E-state index < -0.39 is 81.3 Å². The van der Waals surface area contributed by atoms with Gasteiger partial charge in [-0.25, -0.2) is 24.0 Å². The maximum absolute atomic E-state index is 14.9. The van der Waals surface area contributed by atoms with Crippen LogP contribution in [0.4, 0.5) is 5.82 Å². The van der Waals surface area contributed by atoms with Crippen LogP contribution in [0.5, 0.6) is 5.75 Å². The summed E-state index contributed by atoms with van der Waals surface area (Å²) < 4.78 is 39.8. The van der Waals surface area contributed by atoms with Crippen molar-refractivity contribution in [1.82, 2.24) is 34.9 Å². The molecular weight excluding hydrogens is 881 g/mol. The fourth-order valence-corrected chi connectivity index (χ4v) is 10.0. The van der Waals surface area contributed by atoms with Crippen LogP contribution >= 0.6 is 7.67 Å². The van der Waals surface area contributed by atoms with Gasteiger partial charge in [0, 0.05) is 46.3 Å². The Morgan fingerprint density at radius 3 is 2.44 bits per heavy atom. The maximum Gasteiger partial charge on any atom is 0.425 e. The number of anilines is 1. The fourth-order valence-electron chi connectivity index (χ4n) is 8.22. The van der Waals surface area contributed by atoms with Gasteiger partial charge in [-0.1, -0.05) is 39.0 Å². The number of aliphatic hydroxyl groups excluding tert-OH is 4. The van der Waals surface area contributed by atoms with Crippen molar-refractivity contribution in [3.8, 4) is 11.8 Å². The lowest BCUT2D eigenvalue weighted by Crippen LogP contribution is -2.67. The zero-order valence-corrected chi connectivity index (χ0v) is 38.9. The number of ether oxygens (including phenoxy) is 3. The molecule has 2 aromatic heterocycles. The second kappa shape index (κ2) is 23.8. The molecule has 23 heteroatoms. The van der Waals surface area contributed by atoms with Crippen LogP contribution in [0.15, 0.2) is 48.9 Å². The molecule has 0 radical (unpaired) electrons. The first-order chi connectivity index (χ1) is 31.4. The predicted octanol–water partition coefficient (Wildman–Crippen LogP) is 0.609. The summed E-state index contributed by atoms with van der Waals surface area (Å²) >= 11 is 0. The number of para-hydroxylation sites is 1. The molecule has 1 aromatic carbocycles. The molecule has 8 unspecified atom stereocenters. The quantitative estimate of drug-likeness (QED) is 0.0389. The van der Waals surface area contributed by atoms with Crippen molar-refractivity contribution in [3.05, 3.63) is 48.9 Å². The summed E-state index contributed by atoms with van der Waals surface area (Å²) in [5, 5.41) is 70.2. The maximum atomic E-state index is 14.9. The average Bonchev–Trinajstić information content (AvgIpc) is 3.72. The van der Waals surface area contributed by atoms with E-state index >= 15 is 0 Å². The van der Waals surface area contributed by atoms with E-state index in [2.05, 4.69) is 32.6 Å². The summed E-state index contributed by atoms with van der Waals surface area (Å²) in [6.45, 7) is 8.69. The number of likely N-dealkylation sites (tertiary alicyclic amines) is 1. The average molecular weight is 946 g/mol. The Morgan fingerprint density at radius 2 is 1.80 bits per heavy atom. The molecule has 2 aliphatic rings. The first kappa shape index (κ1) is 52.2. The summed E-state index contributed by atoms with van der Waals surface area (Å²) in [7, 11) is -2.10. The molecule has 3 amide bonds. The van der Waals surface area contributed by atoms with E-state index in [1.807, 2.05) is 18.0 Å². The minimum Gasteiger partial charge on any atom is -0.418 e. The van der Waals surface area contributed by atoms with E-state index in [0.717, 1.165) is 6.42 Å². The summed E-state index contributed by atoms with van der Waals surface area (Å²) in [6, 6.07) is 11.1. The third kappa shape index (κ3) is 12.8. The number of carbonyl (C=O) groups excluding carboxylic acids is 3. The number of hydrogen-bond donors (Lipinski definition) is 8. The van der Waals surface area contributed by atoms with E-state index in [0.29, 0.717) is 48.5 Å². The molecule has 0 spiro atoms. The standard InChI is InChI=1S/C43H64N9O13P/c1-25(2)36-34(49-28(5)55)38(35(57)32(23-53)62-36)64-43(42(59)60)63-37(27(4)54)41(58)45-18-10-11-19-48-66(61,65-29-12-8-7-9-13-29)52-21-16-30-39(46-24-47-40(30)52)50(6)31-22-51(20-15-26(31)3)33(56)14-17-44/h7-9,12-13,16,21,24-27,31-32,34-38,42-43,53-54,57,59-60H,10-11,14-15,18-20,22-23H2,1-6H3,(H,45,58)(H,48,61)(H,49,55)/t26-,27+,31+,32?,34?,35?,36?,37?,38?,43?,66?/m1/s1. The molecule has 364 valence electrons. The SMILES string of the molecule is CC(=O)NC1C(C(C)C)OC(CO)C(O)C1OC(OC(C(=O)NCCCCNP(=O)(Oc1ccccc1)n1ccc2c(N(C)[C@H]3CN(C(=O)CC#N)CC[C@H]3C)ncnc21)[C@H](C)O)C(O)O. The van der Waals surface area contributed by atoms with Gasteiger partial charge >= 0.3 is 7.67 Å². The van der Waals surface area contributed by atoms with Gasteiger partial charge in [-0.15, -0.1) is 0 Å². The van der Waals surface area contributed by atoms with Gasteiger partial charge < -0.3 is 64.7 Å². The van der Waals surface area contributed by atoms with Crippen molar-refractivity contribution in [2.45, 2.75) is 122 Å². The number of nitriles is 1. The van der Waals surface area contributed by atoms with Crippen molar-refractivity contribution in [2.24, 2.45) is 11.8 Å². The van der Waals surface area contributed by atoms with Crippen LogP contribution in [0.1, 0.15) is 60.3 Å². The number of piperidine rings is 1. The van der Waals surface area contributed by atoms with Gasteiger partial charge in [0.05, 0.1) is 42.4 Å². The van der Waals surface area contributed by atoms with Gasteiger partial charge in [0.1, 0.15) is 42.6 Å². The van der Waals surface area contributed by atoms with Crippen LogP contribution in [0, 0.1) is 23.2 Å². The highest BCUT2D eigenvalue weighted by Gasteiger charge is 2.49. The van der Waals surface area contributed by atoms with Crippen molar-refractivity contribution in [1.29, 1.82) is 5.26 Å². The third-order valence-corrected chi connectivity index (χ3v) is 13.7. The first-order valence-electron chi connectivity index (χ1n) is 22.0. The van der Waals surface area contributed by atoms with Crippen molar-refractivity contribution in [3.63, 3.8) is 0 Å². The van der Waals surface area contributed by atoms with Gasteiger partial charge in [-0.2, -0.15) is 5.26 Å². The van der Waals surface area contributed by atoms with Gasteiger partial charge in [0.25, 0.3) is 5.91 Å². The predicted molar refractivity (Wildman–Crippen MR) is 238 cm³/mol. The number of amides is 3. The van der Waals surface area contributed by atoms with Crippen molar-refractivity contribution < 1.29 is 63.2 Å². The molecule has 0 aliphatic carbocycles. The van der Waals surface area contributed by atoms with Crippen LogP contribution < -0.4 is 25.1 Å². The molecule has 4 heterocycles. The molecule has 8 N–H and O–H groups in total. The van der Waals surface area contributed by atoms with Crippen LogP contribution in [0.25, 0.3) is 11.0 Å². The van der Waals surface area contributed by atoms with Crippen molar-refractivity contribution >= 4 is 42.2 Å². The number of hydrogen-bond acceptors (Lipinski definition) is 17. The van der Waals surface area contributed by atoms with Crippen molar-refractivity contribution in [2.75, 3.05) is 44.7 Å². The number of carbonyl (C=O) groups is 3. The van der Waals surface area contributed by atoms with Crippen LogP contribution in [-0.2, 0) is 33.2 Å². The lowest BCUT2D eigenvalue weighted by Gasteiger charge is -2.47. The van der Waals surface area contributed by atoms with E-state index in [9.17, 15) is 44.5 Å². The lowest BCUT2D eigenvalue weighted by atomic mass is 9.87. The zero-order chi connectivity index (χ0) is 48.3. The molecule has 5 rings (SSSR count).